The molecule has 0 atom stereocenters. The van der Waals surface area contributed by atoms with Gasteiger partial charge < -0.3 is 0 Å². The summed E-state index contributed by atoms with van der Waals surface area (Å²) in [5.41, 5.74) is 2.15. The lowest BCUT2D eigenvalue weighted by molar-refractivity contribution is 0.284. The van der Waals surface area contributed by atoms with Crippen LogP contribution in [-0.4, -0.2) is 9.97 Å². The van der Waals surface area contributed by atoms with E-state index in [0.717, 1.165) is 28.8 Å². The molecule has 0 amide bonds. The molecule has 4 heteroatoms. The lowest BCUT2D eigenvalue weighted by atomic mass is 9.64. The molecule has 1 aliphatic rings. The smallest absolute Gasteiger partial charge is 0.147 e. The molecule has 1 saturated carbocycles. The maximum Gasteiger partial charge on any atom is 0.147 e. The summed E-state index contributed by atoms with van der Waals surface area (Å²) >= 11 is 9.61. The lowest BCUT2D eigenvalue weighted by Gasteiger charge is -2.41. The van der Waals surface area contributed by atoms with Gasteiger partial charge in [-0.2, -0.15) is 0 Å². The van der Waals surface area contributed by atoms with E-state index in [1.807, 2.05) is 13.0 Å². The quantitative estimate of drug-likeness (QED) is 0.744. The van der Waals surface area contributed by atoms with Gasteiger partial charge in [0.1, 0.15) is 11.0 Å². The number of aryl methyl sites for hydroxylation is 1. The van der Waals surface area contributed by atoms with Gasteiger partial charge in [0.15, 0.2) is 0 Å². The van der Waals surface area contributed by atoms with Gasteiger partial charge in [0.05, 0.1) is 15.6 Å². The highest BCUT2D eigenvalue weighted by Crippen LogP contribution is 2.48. The number of rotatable bonds is 2. The average molecular weight is 338 g/mol. The molecule has 0 radical (unpaired) electrons. The first kappa shape index (κ1) is 13.1. The van der Waals surface area contributed by atoms with E-state index >= 15 is 0 Å². The first-order valence-electron chi connectivity index (χ1n) is 6.39. The number of benzene rings is 1. The maximum absolute atomic E-state index is 6.20. The van der Waals surface area contributed by atoms with Crippen molar-refractivity contribution in [3.63, 3.8) is 0 Å². The van der Waals surface area contributed by atoms with Gasteiger partial charge >= 0.3 is 0 Å². The van der Waals surface area contributed by atoms with Crippen LogP contribution >= 0.6 is 27.5 Å². The van der Waals surface area contributed by atoms with E-state index in [2.05, 4.69) is 50.2 Å². The second kappa shape index (κ2) is 4.88. The summed E-state index contributed by atoms with van der Waals surface area (Å²) in [7, 11) is 0. The lowest BCUT2D eigenvalue weighted by Crippen LogP contribution is -2.37. The molecule has 98 valence electrons. The maximum atomic E-state index is 6.20. The number of halogens is 2. The van der Waals surface area contributed by atoms with Crippen LogP contribution in [0.1, 0.15) is 36.3 Å². The Morgan fingerprint density at radius 1 is 1.16 bits per heavy atom. The molecule has 0 unspecified atom stereocenters. The monoisotopic (exact) mass is 336 g/mol. The van der Waals surface area contributed by atoms with Crippen LogP contribution in [0.15, 0.2) is 34.8 Å². The number of hydrogen-bond acceptors (Lipinski definition) is 2. The first-order valence-corrected chi connectivity index (χ1v) is 7.56. The molecule has 1 fully saturated rings. The summed E-state index contributed by atoms with van der Waals surface area (Å²) < 4.78 is 0.792. The largest absolute Gasteiger partial charge is 0.236 e. The molecule has 0 spiro atoms. The third-order valence-corrected chi connectivity index (χ3v) is 5.39. The van der Waals surface area contributed by atoms with Crippen LogP contribution in [0.5, 0.6) is 0 Å². The molecule has 1 heterocycles. The Bertz CT molecular complexity index is 586. The highest BCUT2D eigenvalue weighted by Gasteiger charge is 2.43. The van der Waals surface area contributed by atoms with Crippen molar-refractivity contribution >= 4 is 27.5 Å². The molecule has 1 aromatic carbocycles. The van der Waals surface area contributed by atoms with Crippen molar-refractivity contribution in [1.29, 1.82) is 0 Å². The van der Waals surface area contributed by atoms with Gasteiger partial charge in [0.25, 0.3) is 0 Å². The van der Waals surface area contributed by atoms with Crippen LogP contribution in [0.2, 0.25) is 5.15 Å². The predicted octanol–water partition coefficient (Wildman–Crippen LogP) is 4.67. The predicted molar refractivity (Wildman–Crippen MR) is 80.6 cm³/mol. The molecular weight excluding hydrogens is 324 g/mol. The van der Waals surface area contributed by atoms with Crippen LogP contribution < -0.4 is 0 Å². The second-order valence-electron chi connectivity index (χ2n) is 5.04. The van der Waals surface area contributed by atoms with Gasteiger partial charge in [-0.05, 0) is 41.3 Å². The van der Waals surface area contributed by atoms with Crippen molar-refractivity contribution < 1.29 is 0 Å². The molecule has 0 N–H and O–H groups in total. The summed E-state index contributed by atoms with van der Waals surface area (Å²) in [6.07, 6.45) is 3.40. The Kier molecular flexibility index (Phi) is 3.35. The van der Waals surface area contributed by atoms with Crippen LogP contribution in [0.3, 0.4) is 0 Å². The normalized spacial score (nSPS) is 17.0. The van der Waals surface area contributed by atoms with Crippen molar-refractivity contribution in [1.82, 2.24) is 9.97 Å². The molecule has 1 aromatic heterocycles. The van der Waals surface area contributed by atoms with E-state index in [1.165, 1.54) is 12.0 Å². The van der Waals surface area contributed by atoms with Crippen molar-refractivity contribution in [2.75, 3.05) is 0 Å². The van der Waals surface area contributed by atoms with Gasteiger partial charge in [-0.3, -0.25) is 0 Å². The van der Waals surface area contributed by atoms with Crippen molar-refractivity contribution in [3.05, 3.63) is 57.0 Å². The van der Waals surface area contributed by atoms with Crippen molar-refractivity contribution in [2.45, 2.75) is 31.6 Å². The molecule has 2 nitrogen and oxygen atoms in total. The summed E-state index contributed by atoms with van der Waals surface area (Å²) in [5, 5.41) is 0.504. The first-order chi connectivity index (χ1) is 9.13. The summed E-state index contributed by atoms with van der Waals surface area (Å²) in [6, 6.07) is 10.5. The highest BCUT2D eigenvalue weighted by atomic mass is 79.9. The Labute approximate surface area is 126 Å². The van der Waals surface area contributed by atoms with Gasteiger partial charge in [-0.1, -0.05) is 48.4 Å². The van der Waals surface area contributed by atoms with Gasteiger partial charge in [0, 0.05) is 0 Å². The molecule has 0 saturated heterocycles. The second-order valence-corrected chi connectivity index (χ2v) is 6.19. The highest BCUT2D eigenvalue weighted by molar-refractivity contribution is 9.10. The fraction of sp³-hybridized carbons (Fsp3) is 0.333. The SMILES string of the molecule is Cc1nc(C2(c3ccccc3)CCC2)nc(Cl)c1Br. The molecule has 19 heavy (non-hydrogen) atoms. The fourth-order valence-electron chi connectivity index (χ4n) is 2.67. The Morgan fingerprint density at radius 3 is 2.37 bits per heavy atom. The summed E-state index contributed by atoms with van der Waals surface area (Å²) in [5.74, 6) is 0.857. The minimum atomic E-state index is -0.0453. The van der Waals surface area contributed by atoms with E-state index in [4.69, 9.17) is 11.6 Å². The standard InChI is InChI=1S/C15H14BrClN2/c1-10-12(16)13(17)19-14(18-10)15(8-5-9-15)11-6-3-2-4-7-11/h2-4,6-7H,5,8-9H2,1H3. The van der Waals surface area contributed by atoms with Crippen molar-refractivity contribution in [3.8, 4) is 0 Å². The molecular formula is C15H14BrClN2. The molecule has 0 bridgehead atoms. The topological polar surface area (TPSA) is 25.8 Å². The zero-order chi connectivity index (χ0) is 13.5. The summed E-state index contributed by atoms with van der Waals surface area (Å²) in [6.45, 7) is 1.96. The number of hydrogen-bond donors (Lipinski definition) is 0. The third kappa shape index (κ3) is 2.09. The van der Waals surface area contributed by atoms with Gasteiger partial charge in [0.2, 0.25) is 0 Å². The third-order valence-electron chi connectivity index (χ3n) is 3.94. The Hall–Kier alpha value is -0.930. The average Bonchev–Trinajstić information content (AvgIpc) is 2.36. The van der Waals surface area contributed by atoms with Crippen LogP contribution in [0.25, 0.3) is 0 Å². The number of nitrogens with zero attached hydrogens (tertiary/aromatic N) is 2. The van der Waals surface area contributed by atoms with E-state index in [1.54, 1.807) is 0 Å². The fourth-order valence-corrected chi connectivity index (χ4v) is 3.06. The van der Waals surface area contributed by atoms with Gasteiger partial charge in [-0.25, -0.2) is 9.97 Å². The van der Waals surface area contributed by atoms with Gasteiger partial charge in [-0.15, -0.1) is 0 Å². The number of aromatic nitrogens is 2. The van der Waals surface area contributed by atoms with E-state index < -0.39 is 0 Å². The molecule has 1 aliphatic carbocycles. The van der Waals surface area contributed by atoms with E-state index in [0.29, 0.717) is 5.15 Å². The van der Waals surface area contributed by atoms with Crippen LogP contribution in [-0.2, 0) is 5.41 Å². The zero-order valence-electron chi connectivity index (χ0n) is 10.7. The Balaban J connectivity index is 2.13. The Morgan fingerprint density at radius 2 is 1.84 bits per heavy atom. The molecule has 0 aliphatic heterocycles. The molecule has 2 aromatic rings. The minimum absolute atomic E-state index is 0.0453. The van der Waals surface area contributed by atoms with Crippen LogP contribution in [0, 0.1) is 6.92 Å². The summed E-state index contributed by atoms with van der Waals surface area (Å²) in [4.78, 5) is 9.17. The van der Waals surface area contributed by atoms with Crippen LogP contribution in [0.4, 0.5) is 0 Å². The minimum Gasteiger partial charge on any atom is -0.236 e. The van der Waals surface area contributed by atoms with E-state index in [9.17, 15) is 0 Å². The van der Waals surface area contributed by atoms with Crippen molar-refractivity contribution in [2.24, 2.45) is 0 Å². The zero-order valence-corrected chi connectivity index (χ0v) is 13.0. The molecule has 3 rings (SSSR count). The van der Waals surface area contributed by atoms with E-state index in [-0.39, 0.29) is 5.41 Å².